The molecule has 0 saturated carbocycles. The maximum Gasteiger partial charge on any atom is 0.414 e. The molecule has 0 bridgehead atoms. The van der Waals surface area contributed by atoms with E-state index in [2.05, 4.69) is 15.9 Å². The topological polar surface area (TPSA) is 55.8 Å². The Hall–Kier alpha value is -1.79. The molecule has 0 aliphatic carbocycles. The van der Waals surface area contributed by atoms with E-state index >= 15 is 0 Å². The van der Waals surface area contributed by atoms with E-state index in [4.69, 9.17) is 21.1 Å². The van der Waals surface area contributed by atoms with Crippen molar-refractivity contribution in [2.45, 2.75) is 32.8 Å². The zero-order chi connectivity index (χ0) is 20.2. The van der Waals surface area contributed by atoms with Gasteiger partial charge in [0.05, 0.1) is 18.4 Å². The van der Waals surface area contributed by atoms with Gasteiger partial charge in [-0.25, -0.2) is 9.59 Å². The summed E-state index contributed by atoms with van der Waals surface area (Å²) in [4.78, 5) is 26.2. The summed E-state index contributed by atoms with van der Waals surface area (Å²) >= 11 is 9.43. The van der Waals surface area contributed by atoms with Crippen molar-refractivity contribution in [3.8, 4) is 0 Å². The number of methoxy groups -OCH3 is 1. The van der Waals surface area contributed by atoms with Crippen LogP contribution in [0.15, 0.2) is 34.8 Å². The van der Waals surface area contributed by atoms with Crippen molar-refractivity contribution in [3.05, 3.63) is 40.4 Å². The van der Waals surface area contributed by atoms with Crippen molar-refractivity contribution in [1.29, 1.82) is 0 Å². The van der Waals surface area contributed by atoms with Crippen LogP contribution in [-0.2, 0) is 9.47 Å². The highest BCUT2D eigenvalue weighted by atomic mass is 79.9. The summed E-state index contributed by atoms with van der Waals surface area (Å²) in [7, 11) is 1.34. The van der Waals surface area contributed by atoms with Crippen molar-refractivity contribution in [1.82, 2.24) is 0 Å². The predicted octanol–water partition coefficient (Wildman–Crippen LogP) is 5.76. The lowest BCUT2D eigenvalue weighted by Gasteiger charge is -2.28. The summed E-state index contributed by atoms with van der Waals surface area (Å²) in [6.07, 6.45) is 0.171. The molecule has 0 heterocycles. The van der Waals surface area contributed by atoms with Crippen LogP contribution in [0.5, 0.6) is 0 Å². The molecule has 0 aromatic heterocycles. The van der Waals surface area contributed by atoms with Crippen molar-refractivity contribution >= 4 is 56.1 Å². The Balaban J connectivity index is 2.52. The fourth-order valence-corrected chi connectivity index (χ4v) is 3.38. The van der Waals surface area contributed by atoms with Crippen molar-refractivity contribution in [3.63, 3.8) is 0 Å². The molecule has 5 nitrogen and oxygen atoms in total. The van der Waals surface area contributed by atoms with Gasteiger partial charge in [0, 0.05) is 16.9 Å². The maximum absolute atomic E-state index is 12.7. The molecule has 0 spiro atoms. The molecule has 0 saturated heterocycles. The van der Waals surface area contributed by atoms with Gasteiger partial charge in [-0.1, -0.05) is 12.1 Å². The number of carbonyl (C=O) groups excluding carboxylic acids is 2. The van der Waals surface area contributed by atoms with Gasteiger partial charge in [0.25, 0.3) is 0 Å². The zero-order valence-corrected chi connectivity index (χ0v) is 18.2. The lowest BCUT2D eigenvalue weighted by atomic mass is 10.1. The SMILES string of the molecule is COC(=O)c1ccc2ccc(N(CCCCl)C(=O)OC(C)(C)C)c(Br)c2c1. The number of carbonyl (C=O) groups is 2. The van der Waals surface area contributed by atoms with Gasteiger partial charge < -0.3 is 9.47 Å². The van der Waals surface area contributed by atoms with Gasteiger partial charge in [-0.3, -0.25) is 4.90 Å². The van der Waals surface area contributed by atoms with Gasteiger partial charge in [0.15, 0.2) is 0 Å². The fraction of sp³-hybridized carbons (Fsp3) is 0.400. The molecule has 0 N–H and O–H groups in total. The number of benzene rings is 2. The van der Waals surface area contributed by atoms with E-state index in [9.17, 15) is 9.59 Å². The number of hydrogen-bond donors (Lipinski definition) is 0. The molecule has 0 unspecified atom stereocenters. The minimum Gasteiger partial charge on any atom is -0.465 e. The molecule has 146 valence electrons. The third kappa shape index (κ3) is 5.36. The number of ether oxygens (including phenoxy) is 2. The quantitative estimate of drug-likeness (QED) is 0.424. The van der Waals surface area contributed by atoms with E-state index in [-0.39, 0.29) is 0 Å². The van der Waals surface area contributed by atoms with Crippen LogP contribution in [0.2, 0.25) is 0 Å². The first-order chi connectivity index (χ1) is 12.7. The molecule has 2 aromatic rings. The fourth-order valence-electron chi connectivity index (χ4n) is 2.57. The number of esters is 1. The molecule has 0 radical (unpaired) electrons. The summed E-state index contributed by atoms with van der Waals surface area (Å²) in [5.74, 6) is 0.0112. The third-order valence-electron chi connectivity index (χ3n) is 3.78. The molecule has 1 amide bonds. The Morgan fingerprint density at radius 3 is 2.44 bits per heavy atom. The van der Waals surface area contributed by atoms with Gasteiger partial charge in [-0.05, 0) is 72.1 Å². The first-order valence-electron chi connectivity index (χ1n) is 8.55. The average molecular weight is 457 g/mol. The molecule has 0 atom stereocenters. The van der Waals surface area contributed by atoms with Crippen LogP contribution in [0.3, 0.4) is 0 Å². The van der Waals surface area contributed by atoms with Crippen LogP contribution >= 0.6 is 27.5 Å². The highest BCUT2D eigenvalue weighted by Crippen LogP contribution is 2.35. The number of fused-ring (bicyclic) bond motifs is 1. The molecule has 0 aliphatic rings. The van der Waals surface area contributed by atoms with Crippen molar-refractivity contribution < 1.29 is 19.1 Å². The van der Waals surface area contributed by atoms with Gasteiger partial charge in [-0.2, -0.15) is 0 Å². The Bertz CT molecular complexity index is 848. The van der Waals surface area contributed by atoms with Gasteiger partial charge in [-0.15, -0.1) is 11.6 Å². The molecule has 0 aliphatic heterocycles. The Morgan fingerprint density at radius 2 is 1.85 bits per heavy atom. The molecular weight excluding hydrogens is 434 g/mol. The maximum atomic E-state index is 12.7. The van der Waals surface area contributed by atoms with Crippen LogP contribution in [0, 0.1) is 0 Å². The Labute approximate surface area is 172 Å². The van der Waals surface area contributed by atoms with Crippen LogP contribution in [-0.4, -0.2) is 37.2 Å². The number of anilines is 1. The molecule has 2 aromatic carbocycles. The van der Waals surface area contributed by atoms with Crippen LogP contribution in [0.1, 0.15) is 37.6 Å². The largest absolute Gasteiger partial charge is 0.465 e. The Morgan fingerprint density at radius 1 is 1.19 bits per heavy atom. The second kappa shape index (κ2) is 8.93. The van der Waals surface area contributed by atoms with Crippen LogP contribution in [0.4, 0.5) is 10.5 Å². The summed E-state index contributed by atoms with van der Waals surface area (Å²) in [6, 6.07) is 9.03. The zero-order valence-electron chi connectivity index (χ0n) is 15.8. The number of rotatable bonds is 5. The molecule has 7 heteroatoms. The minimum atomic E-state index is -0.613. The number of hydrogen-bond acceptors (Lipinski definition) is 4. The van der Waals surface area contributed by atoms with E-state index in [0.717, 1.165) is 10.8 Å². The van der Waals surface area contributed by atoms with E-state index in [1.807, 2.05) is 39.0 Å². The van der Waals surface area contributed by atoms with Crippen LogP contribution < -0.4 is 4.90 Å². The van der Waals surface area contributed by atoms with E-state index in [1.54, 1.807) is 17.0 Å². The second-order valence-corrected chi connectivity index (χ2v) is 8.17. The minimum absolute atomic E-state index is 0.416. The lowest BCUT2D eigenvalue weighted by Crippen LogP contribution is -2.37. The highest BCUT2D eigenvalue weighted by Gasteiger charge is 2.25. The molecule has 2 rings (SSSR count). The first kappa shape index (κ1) is 21.5. The standard InChI is InChI=1S/C20H23BrClNO4/c1-20(2,3)27-19(25)23(11-5-10-22)16-9-8-13-6-7-14(18(24)26-4)12-15(13)17(16)21/h6-9,12H,5,10-11H2,1-4H3. The number of nitrogens with zero attached hydrogens (tertiary/aromatic N) is 1. The predicted molar refractivity (Wildman–Crippen MR) is 112 cm³/mol. The number of halogens is 2. The smallest absolute Gasteiger partial charge is 0.414 e. The molecular formula is C20H23BrClNO4. The molecule has 27 heavy (non-hydrogen) atoms. The lowest BCUT2D eigenvalue weighted by molar-refractivity contribution is 0.0576. The normalized spacial score (nSPS) is 11.3. The summed E-state index contributed by atoms with van der Waals surface area (Å²) < 4.78 is 11.0. The van der Waals surface area contributed by atoms with Crippen molar-refractivity contribution in [2.24, 2.45) is 0 Å². The number of alkyl halides is 1. The Kier molecular flexibility index (Phi) is 7.12. The molecule has 0 fully saturated rings. The summed E-state index contributed by atoms with van der Waals surface area (Å²) in [5.41, 5.74) is 0.480. The highest BCUT2D eigenvalue weighted by molar-refractivity contribution is 9.10. The third-order valence-corrected chi connectivity index (χ3v) is 4.88. The van der Waals surface area contributed by atoms with E-state index < -0.39 is 17.7 Å². The second-order valence-electron chi connectivity index (χ2n) is 7.00. The van der Waals surface area contributed by atoms with Gasteiger partial charge >= 0.3 is 12.1 Å². The average Bonchev–Trinajstić information content (AvgIpc) is 2.61. The number of amides is 1. The van der Waals surface area contributed by atoms with Crippen molar-refractivity contribution in [2.75, 3.05) is 24.4 Å². The van der Waals surface area contributed by atoms with E-state index in [0.29, 0.717) is 34.6 Å². The first-order valence-corrected chi connectivity index (χ1v) is 9.87. The monoisotopic (exact) mass is 455 g/mol. The van der Waals surface area contributed by atoms with Crippen LogP contribution in [0.25, 0.3) is 10.8 Å². The van der Waals surface area contributed by atoms with Gasteiger partial charge in [0.2, 0.25) is 0 Å². The summed E-state index contributed by atoms with van der Waals surface area (Å²) in [6.45, 7) is 5.88. The summed E-state index contributed by atoms with van der Waals surface area (Å²) in [5, 5.41) is 1.73. The van der Waals surface area contributed by atoms with Gasteiger partial charge in [0.1, 0.15) is 5.60 Å². The van der Waals surface area contributed by atoms with E-state index in [1.165, 1.54) is 7.11 Å².